The highest BCUT2D eigenvalue weighted by Gasteiger charge is 2.67. The Morgan fingerprint density at radius 2 is 1.31 bits per heavy atom. The Morgan fingerprint density at radius 1 is 0.731 bits per heavy atom. The molecule has 5 aliphatic rings. The van der Waals surface area contributed by atoms with Crippen molar-refractivity contribution in [2.75, 3.05) is 4.90 Å². The summed E-state index contributed by atoms with van der Waals surface area (Å²) in [6.45, 7) is 0. The monoisotopic (exact) mass is 341 g/mol. The molecule has 7 rings (SSSR count). The lowest BCUT2D eigenvalue weighted by Crippen LogP contribution is -2.40. The van der Waals surface area contributed by atoms with Gasteiger partial charge in [0, 0.05) is 5.56 Å². The number of imide groups is 1. The lowest BCUT2D eigenvalue weighted by Gasteiger charge is -2.37. The summed E-state index contributed by atoms with van der Waals surface area (Å²) in [6.07, 6.45) is 5.63. The highest BCUT2D eigenvalue weighted by molar-refractivity contribution is 6.24. The van der Waals surface area contributed by atoms with Gasteiger partial charge in [-0.15, -0.1) is 0 Å². The average molecular weight is 341 g/mol. The van der Waals surface area contributed by atoms with Crippen LogP contribution in [0.4, 0.5) is 5.69 Å². The van der Waals surface area contributed by atoms with Crippen molar-refractivity contribution >= 4 is 17.5 Å². The van der Waals surface area contributed by atoms with E-state index in [2.05, 4.69) is 12.2 Å². The van der Waals surface area contributed by atoms with E-state index in [4.69, 9.17) is 0 Å². The molecule has 4 aliphatic carbocycles. The first-order valence-corrected chi connectivity index (χ1v) is 9.46. The maximum atomic E-state index is 13.4. The van der Waals surface area contributed by atoms with Crippen LogP contribution < -0.4 is 4.90 Å². The molecule has 3 nitrogen and oxygen atoms in total. The first kappa shape index (κ1) is 14.5. The van der Waals surface area contributed by atoms with Gasteiger partial charge >= 0.3 is 0 Å². The van der Waals surface area contributed by atoms with Crippen LogP contribution in [0.2, 0.25) is 0 Å². The van der Waals surface area contributed by atoms with Gasteiger partial charge in [-0.1, -0.05) is 60.7 Å². The molecule has 2 aromatic carbocycles. The van der Waals surface area contributed by atoms with Crippen molar-refractivity contribution < 1.29 is 9.59 Å². The number of nitrogens with zero attached hydrogens (tertiary/aromatic N) is 1. The number of allylic oxidation sites excluding steroid dienone is 2. The van der Waals surface area contributed by atoms with Crippen molar-refractivity contribution in [3.05, 3.63) is 66.7 Å². The molecule has 6 atom stereocenters. The fourth-order valence-electron chi connectivity index (χ4n) is 5.72. The minimum atomic E-state index is -0.148. The second kappa shape index (κ2) is 4.94. The molecule has 0 spiro atoms. The van der Waals surface area contributed by atoms with Gasteiger partial charge in [0.1, 0.15) is 0 Å². The molecule has 2 amide bonds. The van der Waals surface area contributed by atoms with Gasteiger partial charge in [0.05, 0.1) is 17.5 Å². The van der Waals surface area contributed by atoms with E-state index >= 15 is 0 Å². The number of anilines is 1. The van der Waals surface area contributed by atoms with E-state index in [-0.39, 0.29) is 35.5 Å². The zero-order chi connectivity index (χ0) is 17.4. The summed E-state index contributed by atoms with van der Waals surface area (Å²) in [5, 5.41) is 0. The molecule has 1 aliphatic heterocycles. The Hall–Kier alpha value is -2.68. The van der Waals surface area contributed by atoms with E-state index in [1.54, 1.807) is 0 Å². The van der Waals surface area contributed by atoms with Crippen LogP contribution >= 0.6 is 0 Å². The SMILES string of the molecule is O=C1[C@H]2[C@@H]3C=C[C@H]([C@H]4C[C@H]34)[C@@H]2C(=O)N1c1ccccc1-c1ccccc1. The van der Waals surface area contributed by atoms with Crippen LogP contribution in [0.25, 0.3) is 11.1 Å². The molecule has 1 heterocycles. The van der Waals surface area contributed by atoms with Crippen LogP contribution in [-0.2, 0) is 9.59 Å². The largest absolute Gasteiger partial charge is 0.274 e. The van der Waals surface area contributed by atoms with Crippen molar-refractivity contribution in [2.45, 2.75) is 6.42 Å². The smallest absolute Gasteiger partial charge is 0.238 e. The third-order valence-electron chi connectivity index (χ3n) is 6.89. The Morgan fingerprint density at radius 3 is 1.96 bits per heavy atom. The minimum Gasteiger partial charge on any atom is -0.274 e. The quantitative estimate of drug-likeness (QED) is 0.613. The van der Waals surface area contributed by atoms with Gasteiger partial charge in [0.2, 0.25) is 11.8 Å². The molecule has 2 aromatic rings. The molecule has 128 valence electrons. The molecule has 2 bridgehead atoms. The Labute approximate surface area is 152 Å². The van der Waals surface area contributed by atoms with E-state index in [1.165, 1.54) is 11.3 Å². The maximum absolute atomic E-state index is 13.4. The second-order valence-corrected chi connectivity index (χ2v) is 8.05. The predicted octanol–water partition coefficient (Wildman–Crippen LogP) is 3.91. The zero-order valence-corrected chi connectivity index (χ0v) is 14.3. The summed E-state index contributed by atoms with van der Waals surface area (Å²) in [5.74, 6) is 1.51. The van der Waals surface area contributed by atoms with Gasteiger partial charge in [0.15, 0.2) is 0 Å². The van der Waals surface area contributed by atoms with Crippen molar-refractivity contribution in [1.29, 1.82) is 0 Å². The van der Waals surface area contributed by atoms with Gasteiger partial charge in [-0.2, -0.15) is 0 Å². The van der Waals surface area contributed by atoms with Gasteiger partial charge in [0.25, 0.3) is 0 Å². The van der Waals surface area contributed by atoms with Crippen molar-refractivity contribution in [1.82, 2.24) is 0 Å². The van der Waals surface area contributed by atoms with Crippen molar-refractivity contribution in [3.63, 3.8) is 0 Å². The molecule has 3 heteroatoms. The second-order valence-electron chi connectivity index (χ2n) is 8.05. The van der Waals surface area contributed by atoms with E-state index in [0.29, 0.717) is 11.8 Å². The number of benzene rings is 2. The predicted molar refractivity (Wildman–Crippen MR) is 99.1 cm³/mol. The number of hydrogen-bond donors (Lipinski definition) is 0. The molecule has 1 saturated heterocycles. The summed E-state index contributed by atoms with van der Waals surface area (Å²) in [6, 6.07) is 17.8. The van der Waals surface area contributed by atoms with Crippen LogP contribution in [0, 0.1) is 35.5 Å². The third kappa shape index (κ3) is 1.73. The number of hydrogen-bond acceptors (Lipinski definition) is 2. The highest BCUT2D eigenvalue weighted by atomic mass is 16.2. The lowest BCUT2D eigenvalue weighted by molar-refractivity contribution is -0.124. The van der Waals surface area contributed by atoms with Crippen LogP contribution in [-0.4, -0.2) is 11.8 Å². The molecule has 0 unspecified atom stereocenters. The molecule has 0 N–H and O–H groups in total. The Balaban J connectivity index is 1.47. The van der Waals surface area contributed by atoms with Crippen LogP contribution in [0.15, 0.2) is 66.7 Å². The van der Waals surface area contributed by atoms with Crippen LogP contribution in [0.1, 0.15) is 6.42 Å². The maximum Gasteiger partial charge on any atom is 0.238 e. The Bertz CT molecular complexity index is 927. The molecular formula is C23H19NO2. The number of rotatable bonds is 2. The highest BCUT2D eigenvalue weighted by Crippen LogP contribution is 2.65. The zero-order valence-electron chi connectivity index (χ0n) is 14.3. The molecule has 2 saturated carbocycles. The topological polar surface area (TPSA) is 37.4 Å². The Kier molecular flexibility index (Phi) is 2.75. The summed E-state index contributed by atoms with van der Waals surface area (Å²) < 4.78 is 0. The fraction of sp³-hybridized carbons (Fsp3) is 0.304. The van der Waals surface area contributed by atoms with E-state index < -0.39 is 0 Å². The first-order valence-electron chi connectivity index (χ1n) is 9.46. The standard InChI is InChI=1S/C23H19NO2/c25-22-20-15-10-11-16(18-12-17(15)18)21(20)23(26)24(22)19-9-5-4-8-14(19)13-6-2-1-3-7-13/h1-11,15-18,20-21H,12H2/t15-,16-,17-,18-,20+,21+/m1/s1. The van der Waals surface area contributed by atoms with E-state index in [0.717, 1.165) is 16.8 Å². The molecule has 3 fully saturated rings. The summed E-state index contributed by atoms with van der Waals surface area (Å²) in [5.41, 5.74) is 2.71. The van der Waals surface area contributed by atoms with Crippen molar-refractivity contribution in [3.8, 4) is 11.1 Å². The molecule has 0 radical (unpaired) electrons. The number of carbonyl (C=O) groups is 2. The summed E-state index contributed by atoms with van der Waals surface area (Å²) in [7, 11) is 0. The van der Waals surface area contributed by atoms with Gasteiger partial charge < -0.3 is 0 Å². The third-order valence-corrected chi connectivity index (χ3v) is 6.89. The number of amides is 2. The first-order chi connectivity index (χ1) is 12.8. The number of carbonyl (C=O) groups excluding carboxylic acids is 2. The van der Waals surface area contributed by atoms with Gasteiger partial charge in [-0.3, -0.25) is 9.59 Å². The number of para-hydroxylation sites is 1. The van der Waals surface area contributed by atoms with Crippen LogP contribution in [0.3, 0.4) is 0 Å². The van der Waals surface area contributed by atoms with Crippen LogP contribution in [0.5, 0.6) is 0 Å². The minimum absolute atomic E-state index is 0.00748. The normalized spacial score (nSPS) is 36.2. The fourth-order valence-corrected chi connectivity index (χ4v) is 5.72. The molecular weight excluding hydrogens is 322 g/mol. The summed E-state index contributed by atoms with van der Waals surface area (Å²) >= 11 is 0. The van der Waals surface area contributed by atoms with E-state index in [9.17, 15) is 9.59 Å². The van der Waals surface area contributed by atoms with Crippen molar-refractivity contribution in [2.24, 2.45) is 35.5 Å². The molecule has 0 aromatic heterocycles. The lowest BCUT2D eigenvalue weighted by atomic mass is 9.63. The molecule has 26 heavy (non-hydrogen) atoms. The summed E-state index contributed by atoms with van der Waals surface area (Å²) in [4.78, 5) is 28.2. The van der Waals surface area contributed by atoms with Gasteiger partial charge in [-0.05, 0) is 41.7 Å². The van der Waals surface area contributed by atoms with E-state index in [1.807, 2.05) is 54.6 Å². The van der Waals surface area contributed by atoms with Gasteiger partial charge in [-0.25, -0.2) is 4.90 Å². The average Bonchev–Trinajstić information content (AvgIpc) is 3.47.